The number of rotatable bonds is 3. The molecule has 2 N–H and O–H groups in total. The Balaban J connectivity index is 1.93. The van der Waals surface area contributed by atoms with Crippen molar-refractivity contribution in [3.05, 3.63) is 35.9 Å². The third kappa shape index (κ3) is 2.83. The summed E-state index contributed by atoms with van der Waals surface area (Å²) in [7, 11) is 0. The second-order valence-electron chi connectivity index (χ2n) is 4.43. The monoisotopic (exact) mass is 219 g/mol. The molecule has 3 heteroatoms. The highest BCUT2D eigenvalue weighted by Gasteiger charge is 2.26. The summed E-state index contributed by atoms with van der Waals surface area (Å²) in [6.45, 7) is 0.814. The molecule has 16 heavy (non-hydrogen) atoms. The van der Waals surface area contributed by atoms with Gasteiger partial charge in [0.25, 0.3) is 0 Å². The van der Waals surface area contributed by atoms with Gasteiger partial charge in [0, 0.05) is 0 Å². The van der Waals surface area contributed by atoms with Crippen molar-refractivity contribution >= 4 is 5.97 Å². The van der Waals surface area contributed by atoms with E-state index in [4.69, 9.17) is 5.11 Å². The van der Waals surface area contributed by atoms with Gasteiger partial charge < -0.3 is 10.4 Å². The van der Waals surface area contributed by atoms with E-state index in [0.29, 0.717) is 5.92 Å². The van der Waals surface area contributed by atoms with Gasteiger partial charge in [-0.05, 0) is 37.3 Å². The molecule has 0 amide bonds. The summed E-state index contributed by atoms with van der Waals surface area (Å²) in [5.74, 6) is -0.234. The quantitative estimate of drug-likeness (QED) is 0.813. The molecule has 0 spiro atoms. The Hall–Kier alpha value is -1.35. The fourth-order valence-corrected chi connectivity index (χ4v) is 2.32. The number of aliphatic carboxylic acids is 1. The average molecular weight is 219 g/mol. The fraction of sp³-hybridized carbons (Fsp3) is 0.462. The number of carboxylic acids is 1. The van der Waals surface area contributed by atoms with E-state index in [1.54, 1.807) is 0 Å². The van der Waals surface area contributed by atoms with Gasteiger partial charge in [0.05, 0.1) is 0 Å². The first-order chi connectivity index (χ1) is 7.75. The van der Waals surface area contributed by atoms with Crippen LogP contribution in [0.5, 0.6) is 0 Å². The molecule has 86 valence electrons. The Kier molecular flexibility index (Phi) is 3.57. The Labute approximate surface area is 95.5 Å². The molecule has 1 fully saturated rings. The summed E-state index contributed by atoms with van der Waals surface area (Å²) in [5.41, 5.74) is 1.30. The van der Waals surface area contributed by atoms with Crippen LogP contribution in [0.4, 0.5) is 0 Å². The van der Waals surface area contributed by atoms with Crippen LogP contribution < -0.4 is 5.32 Å². The van der Waals surface area contributed by atoms with Gasteiger partial charge in [0.1, 0.15) is 6.04 Å². The van der Waals surface area contributed by atoms with E-state index in [1.807, 2.05) is 18.2 Å². The predicted molar refractivity (Wildman–Crippen MR) is 62.3 cm³/mol. The predicted octanol–water partition coefficient (Wildman–Crippen LogP) is 1.68. The Morgan fingerprint density at radius 3 is 2.81 bits per heavy atom. The number of piperidine rings is 1. The van der Waals surface area contributed by atoms with Gasteiger partial charge in [0.15, 0.2) is 0 Å². The molecule has 2 rings (SSSR count). The van der Waals surface area contributed by atoms with Crippen LogP contribution in [0.25, 0.3) is 0 Å². The molecule has 1 heterocycles. The van der Waals surface area contributed by atoms with Crippen molar-refractivity contribution in [3.8, 4) is 0 Å². The molecule has 1 aromatic carbocycles. The highest BCUT2D eigenvalue weighted by Crippen LogP contribution is 2.21. The van der Waals surface area contributed by atoms with Gasteiger partial charge in [-0.1, -0.05) is 30.3 Å². The lowest BCUT2D eigenvalue weighted by Gasteiger charge is -2.27. The lowest BCUT2D eigenvalue weighted by Crippen LogP contribution is -2.43. The van der Waals surface area contributed by atoms with Crippen molar-refractivity contribution in [2.75, 3.05) is 6.54 Å². The number of hydrogen-bond donors (Lipinski definition) is 2. The van der Waals surface area contributed by atoms with Gasteiger partial charge >= 0.3 is 5.97 Å². The van der Waals surface area contributed by atoms with Crippen LogP contribution in [0.2, 0.25) is 0 Å². The van der Waals surface area contributed by atoms with Gasteiger partial charge in [0.2, 0.25) is 0 Å². The minimum atomic E-state index is -0.724. The highest BCUT2D eigenvalue weighted by atomic mass is 16.4. The summed E-state index contributed by atoms with van der Waals surface area (Å²) in [6, 6.07) is 9.93. The number of nitrogens with one attached hydrogen (secondary N) is 1. The molecule has 1 aliphatic heterocycles. The van der Waals surface area contributed by atoms with E-state index in [9.17, 15) is 4.79 Å². The van der Waals surface area contributed by atoms with Crippen molar-refractivity contribution in [1.29, 1.82) is 0 Å². The Bertz CT molecular complexity index is 350. The summed E-state index contributed by atoms with van der Waals surface area (Å²) >= 11 is 0. The zero-order chi connectivity index (χ0) is 11.4. The van der Waals surface area contributed by atoms with Crippen LogP contribution in [-0.2, 0) is 11.2 Å². The Morgan fingerprint density at radius 2 is 2.12 bits per heavy atom. The molecule has 0 saturated carbocycles. The van der Waals surface area contributed by atoms with E-state index in [1.165, 1.54) is 5.56 Å². The molecule has 0 aliphatic carbocycles. The van der Waals surface area contributed by atoms with Crippen LogP contribution in [0.3, 0.4) is 0 Å². The molecule has 1 saturated heterocycles. The van der Waals surface area contributed by atoms with Crippen LogP contribution in [-0.4, -0.2) is 23.7 Å². The average Bonchev–Trinajstić information content (AvgIpc) is 2.30. The number of carboxylic acid groups (broad SMARTS) is 1. The molecule has 0 aromatic heterocycles. The maximum Gasteiger partial charge on any atom is 0.320 e. The summed E-state index contributed by atoms with van der Waals surface area (Å²) in [6.07, 6.45) is 2.80. The van der Waals surface area contributed by atoms with E-state index >= 15 is 0 Å². The zero-order valence-electron chi connectivity index (χ0n) is 9.23. The third-order valence-electron chi connectivity index (χ3n) is 3.18. The molecule has 1 aliphatic rings. The lowest BCUT2D eigenvalue weighted by molar-refractivity contribution is -0.140. The van der Waals surface area contributed by atoms with Crippen LogP contribution >= 0.6 is 0 Å². The van der Waals surface area contributed by atoms with E-state index < -0.39 is 5.97 Å². The number of benzene rings is 1. The summed E-state index contributed by atoms with van der Waals surface area (Å²) in [5, 5.41) is 12.0. The minimum Gasteiger partial charge on any atom is -0.480 e. The summed E-state index contributed by atoms with van der Waals surface area (Å²) in [4.78, 5) is 10.9. The first kappa shape index (κ1) is 11.1. The van der Waals surface area contributed by atoms with Crippen LogP contribution in [0, 0.1) is 5.92 Å². The van der Waals surface area contributed by atoms with Crippen LogP contribution in [0.1, 0.15) is 18.4 Å². The molecule has 2 atom stereocenters. The first-order valence-electron chi connectivity index (χ1n) is 5.76. The standard InChI is InChI=1S/C13H17NO2/c15-13(16)12-9-11(6-7-14-12)8-10-4-2-1-3-5-10/h1-5,11-12,14H,6-9H2,(H,15,16)/t11-,12-/m0/s1. The first-order valence-corrected chi connectivity index (χ1v) is 5.76. The maximum absolute atomic E-state index is 10.9. The summed E-state index contributed by atoms with van der Waals surface area (Å²) < 4.78 is 0. The lowest BCUT2D eigenvalue weighted by atomic mass is 9.87. The molecular weight excluding hydrogens is 202 g/mol. The second-order valence-corrected chi connectivity index (χ2v) is 4.43. The van der Waals surface area contributed by atoms with E-state index in [2.05, 4.69) is 17.4 Å². The van der Waals surface area contributed by atoms with Gasteiger partial charge in [-0.15, -0.1) is 0 Å². The van der Waals surface area contributed by atoms with E-state index in [-0.39, 0.29) is 6.04 Å². The third-order valence-corrected chi connectivity index (χ3v) is 3.18. The van der Waals surface area contributed by atoms with E-state index in [0.717, 1.165) is 25.8 Å². The minimum absolute atomic E-state index is 0.359. The van der Waals surface area contributed by atoms with Crippen molar-refractivity contribution in [1.82, 2.24) is 5.32 Å². The van der Waals surface area contributed by atoms with Gasteiger partial charge in [-0.3, -0.25) is 4.79 Å². The number of hydrogen-bond acceptors (Lipinski definition) is 2. The van der Waals surface area contributed by atoms with Crippen molar-refractivity contribution in [3.63, 3.8) is 0 Å². The molecule has 3 nitrogen and oxygen atoms in total. The second kappa shape index (κ2) is 5.12. The molecule has 0 unspecified atom stereocenters. The zero-order valence-corrected chi connectivity index (χ0v) is 9.23. The van der Waals surface area contributed by atoms with Crippen molar-refractivity contribution in [2.24, 2.45) is 5.92 Å². The number of carbonyl (C=O) groups is 1. The van der Waals surface area contributed by atoms with Crippen molar-refractivity contribution in [2.45, 2.75) is 25.3 Å². The van der Waals surface area contributed by atoms with Crippen LogP contribution in [0.15, 0.2) is 30.3 Å². The van der Waals surface area contributed by atoms with Crippen molar-refractivity contribution < 1.29 is 9.90 Å². The Morgan fingerprint density at radius 1 is 1.38 bits per heavy atom. The molecule has 1 aromatic rings. The largest absolute Gasteiger partial charge is 0.480 e. The SMILES string of the molecule is O=C(O)[C@@H]1C[C@H](Cc2ccccc2)CCN1. The highest BCUT2D eigenvalue weighted by molar-refractivity contribution is 5.73. The molecule has 0 bridgehead atoms. The molecular formula is C13H17NO2. The maximum atomic E-state index is 10.9. The fourth-order valence-electron chi connectivity index (χ4n) is 2.32. The van der Waals surface area contributed by atoms with Gasteiger partial charge in [-0.2, -0.15) is 0 Å². The smallest absolute Gasteiger partial charge is 0.320 e. The molecule has 0 radical (unpaired) electrons. The normalized spacial score (nSPS) is 25.2. The van der Waals surface area contributed by atoms with Gasteiger partial charge in [-0.25, -0.2) is 0 Å². The topological polar surface area (TPSA) is 49.3 Å².